The molecule has 150 valence electrons. The number of hydrogen-bond donors (Lipinski definition) is 1. The molecule has 0 spiro atoms. The van der Waals surface area contributed by atoms with E-state index in [1.165, 1.54) is 25.3 Å². The third-order valence-electron chi connectivity index (χ3n) is 3.51. The van der Waals surface area contributed by atoms with E-state index < -0.39 is 30.0 Å². The summed E-state index contributed by atoms with van der Waals surface area (Å²) in [6, 6.07) is 5.64. The number of esters is 1. The van der Waals surface area contributed by atoms with Gasteiger partial charge in [-0.3, -0.25) is 19.6 Å². The number of rotatable bonds is 11. The maximum atomic E-state index is 11.7. The summed E-state index contributed by atoms with van der Waals surface area (Å²) in [5.74, 6) is -0.970. The fraction of sp³-hybridized carbons (Fsp3) is 0.353. The number of carbonyl (C=O) groups excluding carboxylic acids is 2. The summed E-state index contributed by atoms with van der Waals surface area (Å²) in [7, 11) is 1.29. The normalized spacial score (nSPS) is 10.2. The number of nitro benzene ring substituents is 1. The Bertz CT molecular complexity index is 808. The van der Waals surface area contributed by atoms with Crippen LogP contribution in [0.15, 0.2) is 36.7 Å². The summed E-state index contributed by atoms with van der Waals surface area (Å²) in [5.41, 5.74) is -0.221. The number of carbonyl (C=O) groups is 2. The molecule has 0 atom stereocenters. The van der Waals surface area contributed by atoms with Crippen molar-refractivity contribution in [3.8, 4) is 11.5 Å². The van der Waals surface area contributed by atoms with Crippen LogP contribution in [0.5, 0.6) is 11.5 Å². The molecular formula is C17H20N4O7. The van der Waals surface area contributed by atoms with Gasteiger partial charge in [-0.2, -0.15) is 5.10 Å². The summed E-state index contributed by atoms with van der Waals surface area (Å²) in [4.78, 5) is 33.5. The molecule has 1 aromatic carbocycles. The minimum absolute atomic E-state index is 0.00496. The van der Waals surface area contributed by atoms with Gasteiger partial charge in [0, 0.05) is 37.6 Å². The summed E-state index contributed by atoms with van der Waals surface area (Å²) >= 11 is 0. The highest BCUT2D eigenvalue weighted by Crippen LogP contribution is 2.30. The van der Waals surface area contributed by atoms with E-state index in [9.17, 15) is 19.7 Å². The molecule has 1 aromatic heterocycles. The van der Waals surface area contributed by atoms with E-state index in [1.807, 2.05) is 12.3 Å². The number of nitro groups is 1. The monoisotopic (exact) mass is 392 g/mol. The number of methoxy groups -OCH3 is 1. The second-order valence-corrected chi connectivity index (χ2v) is 5.51. The van der Waals surface area contributed by atoms with Crippen LogP contribution in [0.2, 0.25) is 0 Å². The lowest BCUT2D eigenvalue weighted by Crippen LogP contribution is -2.31. The van der Waals surface area contributed by atoms with Gasteiger partial charge in [-0.05, 0) is 18.6 Å². The van der Waals surface area contributed by atoms with Crippen molar-refractivity contribution in [2.24, 2.45) is 0 Å². The standard InChI is InChI=1S/C17H20N4O7/c1-26-15-10-13(4-5-14(15)21(24)25)27-12-17(23)28-11-16(22)18-6-2-8-20-9-3-7-19-20/h3-5,7,9-10H,2,6,8,11-12H2,1H3,(H,18,22). The topological polar surface area (TPSA) is 135 Å². The van der Waals surface area contributed by atoms with Crippen molar-refractivity contribution in [1.82, 2.24) is 15.1 Å². The summed E-state index contributed by atoms with van der Waals surface area (Å²) in [6.45, 7) is 0.218. The third-order valence-corrected chi connectivity index (χ3v) is 3.51. The van der Waals surface area contributed by atoms with Crippen LogP contribution in [-0.4, -0.2) is 53.4 Å². The average molecular weight is 392 g/mol. The predicted octanol–water partition coefficient (Wildman–Crippen LogP) is 0.928. The maximum Gasteiger partial charge on any atom is 0.344 e. The molecule has 1 amide bonds. The number of nitrogens with zero attached hydrogens (tertiary/aromatic N) is 3. The second kappa shape index (κ2) is 10.5. The van der Waals surface area contributed by atoms with E-state index >= 15 is 0 Å². The van der Waals surface area contributed by atoms with E-state index in [2.05, 4.69) is 10.4 Å². The highest BCUT2D eigenvalue weighted by molar-refractivity contribution is 5.80. The molecule has 28 heavy (non-hydrogen) atoms. The minimum atomic E-state index is -0.746. The van der Waals surface area contributed by atoms with Crippen molar-refractivity contribution in [1.29, 1.82) is 0 Å². The first-order chi connectivity index (χ1) is 13.5. The number of nitrogens with one attached hydrogen (secondary N) is 1. The molecule has 0 aliphatic heterocycles. The highest BCUT2D eigenvalue weighted by Gasteiger charge is 2.16. The Morgan fingerprint density at radius 2 is 2.14 bits per heavy atom. The number of hydrogen-bond acceptors (Lipinski definition) is 8. The van der Waals surface area contributed by atoms with Crippen LogP contribution in [-0.2, 0) is 20.9 Å². The van der Waals surface area contributed by atoms with Gasteiger partial charge in [-0.15, -0.1) is 0 Å². The third kappa shape index (κ3) is 6.59. The molecule has 11 nitrogen and oxygen atoms in total. The highest BCUT2D eigenvalue weighted by atomic mass is 16.6. The van der Waals surface area contributed by atoms with E-state index in [0.717, 1.165) is 0 Å². The molecule has 2 aromatic rings. The Hall–Kier alpha value is -3.63. The lowest BCUT2D eigenvalue weighted by atomic mass is 10.3. The summed E-state index contributed by atoms with van der Waals surface area (Å²) in [6.07, 6.45) is 4.18. The van der Waals surface area contributed by atoms with Crippen LogP contribution in [0.25, 0.3) is 0 Å². The van der Waals surface area contributed by atoms with Gasteiger partial charge in [0.1, 0.15) is 5.75 Å². The Labute approximate surface area is 160 Å². The van der Waals surface area contributed by atoms with E-state index in [1.54, 1.807) is 10.9 Å². The average Bonchev–Trinajstić information content (AvgIpc) is 3.21. The molecule has 0 fully saturated rings. The second-order valence-electron chi connectivity index (χ2n) is 5.51. The van der Waals surface area contributed by atoms with E-state index in [-0.39, 0.29) is 17.2 Å². The molecule has 1 N–H and O–H groups in total. The van der Waals surface area contributed by atoms with Crippen LogP contribution in [0.4, 0.5) is 5.69 Å². The van der Waals surface area contributed by atoms with Gasteiger partial charge in [0.05, 0.1) is 12.0 Å². The fourth-order valence-corrected chi connectivity index (χ4v) is 2.18. The number of amides is 1. The smallest absolute Gasteiger partial charge is 0.344 e. The SMILES string of the molecule is COc1cc(OCC(=O)OCC(=O)NCCCn2cccn2)ccc1[N+](=O)[O-]. The van der Waals surface area contributed by atoms with Crippen LogP contribution in [0.3, 0.4) is 0 Å². The Balaban J connectivity index is 1.65. The van der Waals surface area contributed by atoms with Crippen molar-refractivity contribution >= 4 is 17.6 Å². The predicted molar refractivity (Wildman–Crippen MR) is 96.0 cm³/mol. The molecule has 0 aliphatic carbocycles. The first kappa shape index (κ1) is 20.7. The van der Waals surface area contributed by atoms with Crippen molar-refractivity contribution in [2.75, 3.05) is 26.9 Å². The molecule has 0 radical (unpaired) electrons. The van der Waals surface area contributed by atoms with Crippen molar-refractivity contribution in [2.45, 2.75) is 13.0 Å². The Morgan fingerprint density at radius 3 is 2.82 bits per heavy atom. The first-order valence-electron chi connectivity index (χ1n) is 8.34. The fourth-order valence-electron chi connectivity index (χ4n) is 2.18. The largest absolute Gasteiger partial charge is 0.490 e. The molecule has 11 heteroatoms. The van der Waals surface area contributed by atoms with Crippen molar-refractivity contribution < 1.29 is 28.7 Å². The van der Waals surface area contributed by atoms with Crippen LogP contribution in [0.1, 0.15) is 6.42 Å². The Morgan fingerprint density at radius 1 is 1.32 bits per heavy atom. The van der Waals surface area contributed by atoms with Gasteiger partial charge in [0.25, 0.3) is 5.91 Å². The molecule has 0 bridgehead atoms. The molecule has 0 unspecified atom stereocenters. The zero-order valence-corrected chi connectivity index (χ0v) is 15.2. The number of aromatic nitrogens is 2. The van der Waals surface area contributed by atoms with E-state index in [0.29, 0.717) is 19.5 Å². The van der Waals surface area contributed by atoms with Crippen molar-refractivity contribution in [3.63, 3.8) is 0 Å². The van der Waals surface area contributed by atoms with Gasteiger partial charge >= 0.3 is 11.7 Å². The number of ether oxygens (including phenoxy) is 3. The van der Waals surface area contributed by atoms with Crippen LogP contribution in [0, 0.1) is 10.1 Å². The zero-order chi connectivity index (χ0) is 20.4. The minimum Gasteiger partial charge on any atom is -0.490 e. The molecule has 0 saturated carbocycles. The lowest BCUT2D eigenvalue weighted by Gasteiger charge is -2.09. The lowest BCUT2D eigenvalue weighted by molar-refractivity contribution is -0.385. The molecule has 1 heterocycles. The van der Waals surface area contributed by atoms with Gasteiger partial charge in [-0.1, -0.05) is 0 Å². The molecular weight excluding hydrogens is 372 g/mol. The quantitative estimate of drug-likeness (QED) is 0.258. The van der Waals surface area contributed by atoms with Gasteiger partial charge in [-0.25, -0.2) is 4.79 Å². The van der Waals surface area contributed by atoms with E-state index in [4.69, 9.17) is 14.2 Å². The Kier molecular flexibility index (Phi) is 7.76. The maximum absolute atomic E-state index is 11.7. The van der Waals surface area contributed by atoms with Gasteiger partial charge in [0.15, 0.2) is 13.2 Å². The molecule has 2 rings (SSSR count). The number of benzene rings is 1. The zero-order valence-electron chi connectivity index (χ0n) is 15.2. The van der Waals surface area contributed by atoms with Gasteiger partial charge in [0.2, 0.25) is 5.75 Å². The molecule has 0 saturated heterocycles. The number of aryl methyl sites for hydroxylation is 1. The molecule has 0 aliphatic rings. The van der Waals surface area contributed by atoms with Crippen LogP contribution >= 0.6 is 0 Å². The summed E-state index contributed by atoms with van der Waals surface area (Å²) in [5, 5.41) is 17.5. The first-order valence-corrected chi connectivity index (χ1v) is 8.34. The summed E-state index contributed by atoms with van der Waals surface area (Å²) < 4.78 is 16.7. The van der Waals surface area contributed by atoms with Gasteiger partial charge < -0.3 is 19.5 Å². The van der Waals surface area contributed by atoms with Crippen molar-refractivity contribution in [3.05, 3.63) is 46.8 Å². The van der Waals surface area contributed by atoms with Crippen LogP contribution < -0.4 is 14.8 Å².